The molecule has 136 valence electrons. The van der Waals surface area contributed by atoms with Crippen molar-refractivity contribution in [3.8, 4) is 11.4 Å². The number of para-hydroxylation sites is 1. The van der Waals surface area contributed by atoms with Crippen LogP contribution in [0.1, 0.15) is 0 Å². The van der Waals surface area contributed by atoms with E-state index in [0.29, 0.717) is 22.8 Å². The van der Waals surface area contributed by atoms with Gasteiger partial charge in [-0.15, -0.1) is 10.2 Å². The van der Waals surface area contributed by atoms with Crippen molar-refractivity contribution >= 4 is 23.1 Å². The summed E-state index contributed by atoms with van der Waals surface area (Å²) in [6.07, 6.45) is 0. The Balaban J connectivity index is 1.80. The van der Waals surface area contributed by atoms with Gasteiger partial charge in [0.25, 0.3) is 0 Å². The topological polar surface area (TPSA) is 75.9 Å². The van der Waals surface area contributed by atoms with Crippen LogP contribution >= 0.6 is 11.8 Å². The molecule has 0 spiro atoms. The molecule has 0 aliphatic heterocycles. The van der Waals surface area contributed by atoms with Gasteiger partial charge in [-0.2, -0.15) is 18.0 Å². The van der Waals surface area contributed by atoms with Gasteiger partial charge >= 0.3 is 5.51 Å². The Hall–Kier alpha value is -2.59. The molecule has 0 fully saturated rings. The van der Waals surface area contributed by atoms with Gasteiger partial charge in [0.15, 0.2) is 0 Å². The molecule has 0 saturated heterocycles. The summed E-state index contributed by atoms with van der Waals surface area (Å²) in [6, 6.07) is 13.2. The Morgan fingerprint density at radius 2 is 1.81 bits per heavy atom. The highest BCUT2D eigenvalue weighted by Crippen LogP contribution is 2.37. The molecule has 0 saturated carbocycles. The summed E-state index contributed by atoms with van der Waals surface area (Å²) in [7, 11) is 0. The van der Waals surface area contributed by atoms with Crippen molar-refractivity contribution in [1.82, 2.24) is 20.2 Å². The van der Waals surface area contributed by atoms with Crippen LogP contribution in [0.15, 0.2) is 53.4 Å². The maximum absolute atomic E-state index is 12.4. The molecule has 0 aliphatic rings. The van der Waals surface area contributed by atoms with Gasteiger partial charge in [-0.05, 0) is 53.4 Å². The number of hydrogen-bond acceptors (Lipinski definition) is 6. The van der Waals surface area contributed by atoms with Gasteiger partial charge in [-0.3, -0.25) is 0 Å². The molecule has 0 atom stereocenters. The molecular weight excluding hydrogens is 367 g/mol. The summed E-state index contributed by atoms with van der Waals surface area (Å²) in [5, 5.41) is 24.1. The molecule has 0 radical (unpaired) electrons. The molecule has 0 bridgehead atoms. The minimum absolute atomic E-state index is 0.0992. The van der Waals surface area contributed by atoms with E-state index in [-0.39, 0.29) is 29.8 Å². The number of nitrogens with one attached hydrogen (secondary N) is 1. The third-order valence-electron chi connectivity index (χ3n) is 3.29. The second-order valence-corrected chi connectivity index (χ2v) is 6.31. The fourth-order valence-electron chi connectivity index (χ4n) is 2.22. The number of benzene rings is 2. The number of aliphatic hydroxyl groups excluding tert-OH is 1. The number of thioether (sulfide) groups is 1. The van der Waals surface area contributed by atoms with Crippen LogP contribution in [-0.4, -0.2) is 37.4 Å². The maximum Gasteiger partial charge on any atom is 0.446 e. The van der Waals surface area contributed by atoms with Crippen molar-refractivity contribution in [2.24, 2.45) is 0 Å². The van der Waals surface area contributed by atoms with Crippen LogP contribution in [-0.2, 0) is 6.54 Å². The van der Waals surface area contributed by atoms with Crippen molar-refractivity contribution in [2.45, 2.75) is 16.9 Å². The summed E-state index contributed by atoms with van der Waals surface area (Å²) >= 11 is -0.156. The molecule has 0 amide bonds. The van der Waals surface area contributed by atoms with E-state index < -0.39 is 5.51 Å². The van der Waals surface area contributed by atoms with E-state index >= 15 is 0 Å². The fourth-order valence-corrected chi connectivity index (χ4v) is 2.76. The van der Waals surface area contributed by atoms with E-state index in [4.69, 9.17) is 5.11 Å². The van der Waals surface area contributed by atoms with Crippen molar-refractivity contribution < 1.29 is 18.3 Å². The first-order valence-electron chi connectivity index (χ1n) is 7.55. The van der Waals surface area contributed by atoms with Crippen LogP contribution in [0.25, 0.3) is 11.4 Å². The zero-order chi connectivity index (χ0) is 18.6. The minimum atomic E-state index is -4.31. The third-order valence-corrected chi connectivity index (χ3v) is 4.03. The number of alkyl halides is 3. The fraction of sp³-hybridized carbons (Fsp3) is 0.188. The van der Waals surface area contributed by atoms with Crippen molar-refractivity contribution in [3.63, 3.8) is 0 Å². The Morgan fingerprint density at radius 1 is 1.08 bits per heavy atom. The lowest BCUT2D eigenvalue weighted by Crippen LogP contribution is -2.05. The van der Waals surface area contributed by atoms with Crippen LogP contribution in [0.4, 0.5) is 24.5 Å². The van der Waals surface area contributed by atoms with Gasteiger partial charge in [0, 0.05) is 21.8 Å². The van der Waals surface area contributed by atoms with Crippen LogP contribution in [0.3, 0.4) is 0 Å². The molecule has 2 aromatic carbocycles. The van der Waals surface area contributed by atoms with Gasteiger partial charge in [0.05, 0.1) is 13.2 Å². The highest BCUT2D eigenvalue weighted by molar-refractivity contribution is 8.00. The van der Waals surface area contributed by atoms with Gasteiger partial charge < -0.3 is 10.4 Å². The number of halogens is 3. The van der Waals surface area contributed by atoms with Gasteiger partial charge in [-0.1, -0.05) is 12.1 Å². The monoisotopic (exact) mass is 381 g/mol. The summed E-state index contributed by atoms with van der Waals surface area (Å²) in [5.41, 5.74) is -2.31. The number of nitrogens with zero attached hydrogens (tertiary/aromatic N) is 4. The average Bonchev–Trinajstić information content (AvgIpc) is 3.05. The van der Waals surface area contributed by atoms with Gasteiger partial charge in [-0.25, -0.2) is 0 Å². The molecule has 0 unspecified atom stereocenters. The number of aromatic nitrogens is 4. The molecule has 0 aliphatic carbocycles. The molecule has 1 heterocycles. The first kappa shape index (κ1) is 18.2. The molecule has 3 aromatic rings. The second-order valence-electron chi connectivity index (χ2n) is 5.18. The average molecular weight is 381 g/mol. The Kier molecular flexibility index (Phi) is 5.43. The van der Waals surface area contributed by atoms with Crippen LogP contribution in [0, 0.1) is 0 Å². The molecular formula is C16H14F3N5OS. The first-order valence-corrected chi connectivity index (χ1v) is 8.37. The van der Waals surface area contributed by atoms with Crippen LogP contribution in [0.5, 0.6) is 0 Å². The zero-order valence-electron chi connectivity index (χ0n) is 13.3. The molecule has 26 heavy (non-hydrogen) atoms. The van der Waals surface area contributed by atoms with Crippen molar-refractivity contribution in [3.05, 3.63) is 48.5 Å². The van der Waals surface area contributed by atoms with E-state index in [1.54, 1.807) is 24.3 Å². The largest absolute Gasteiger partial charge is 0.446 e. The number of rotatable bonds is 6. The summed E-state index contributed by atoms with van der Waals surface area (Å²) in [6.45, 7) is 0.138. The van der Waals surface area contributed by atoms with Gasteiger partial charge in [0.2, 0.25) is 5.82 Å². The highest BCUT2D eigenvalue weighted by Gasteiger charge is 2.29. The molecule has 2 N–H and O–H groups in total. The summed E-state index contributed by atoms with van der Waals surface area (Å²) < 4.78 is 37.2. The number of hydrogen-bond donors (Lipinski definition) is 2. The lowest BCUT2D eigenvalue weighted by molar-refractivity contribution is -0.0328. The molecule has 3 rings (SSSR count). The summed E-state index contributed by atoms with van der Waals surface area (Å²) in [4.78, 5) is 1.40. The standard InChI is InChI=1S/C16H14F3N5OS/c17-16(18,19)26-12-7-5-11(6-8-12)20-14-4-2-1-3-13(14)15-21-23-24(22-15)9-10-25/h1-8,20,25H,9-10H2. The highest BCUT2D eigenvalue weighted by atomic mass is 32.2. The number of aliphatic hydroxyl groups is 1. The van der Waals surface area contributed by atoms with E-state index in [0.717, 1.165) is 0 Å². The molecule has 6 nitrogen and oxygen atoms in total. The van der Waals surface area contributed by atoms with E-state index in [1.165, 1.54) is 16.9 Å². The number of anilines is 2. The quantitative estimate of drug-likeness (QED) is 0.635. The number of tetrazole rings is 1. The van der Waals surface area contributed by atoms with Crippen molar-refractivity contribution in [1.29, 1.82) is 0 Å². The smallest absolute Gasteiger partial charge is 0.394 e. The van der Waals surface area contributed by atoms with Crippen LogP contribution < -0.4 is 5.32 Å². The molecule has 1 aromatic heterocycles. The third kappa shape index (κ3) is 4.73. The predicted octanol–water partition coefficient (Wildman–Crippen LogP) is 3.69. The minimum Gasteiger partial charge on any atom is -0.394 e. The van der Waals surface area contributed by atoms with Crippen LogP contribution in [0.2, 0.25) is 0 Å². The van der Waals surface area contributed by atoms with E-state index in [9.17, 15) is 13.2 Å². The lowest BCUT2D eigenvalue weighted by Gasteiger charge is -2.11. The van der Waals surface area contributed by atoms with Gasteiger partial charge in [0.1, 0.15) is 0 Å². The Morgan fingerprint density at radius 3 is 2.50 bits per heavy atom. The predicted molar refractivity (Wildman–Crippen MR) is 92.0 cm³/mol. The normalized spacial score (nSPS) is 11.5. The summed E-state index contributed by atoms with van der Waals surface area (Å²) in [5.74, 6) is 0.380. The zero-order valence-corrected chi connectivity index (χ0v) is 14.1. The lowest BCUT2D eigenvalue weighted by atomic mass is 10.1. The first-order chi connectivity index (χ1) is 12.4. The second kappa shape index (κ2) is 7.75. The maximum atomic E-state index is 12.4. The van der Waals surface area contributed by atoms with E-state index in [2.05, 4.69) is 20.7 Å². The Bertz CT molecular complexity index is 867. The Labute approximate surface area is 151 Å². The molecule has 10 heteroatoms. The SMILES string of the molecule is OCCn1nnc(-c2ccccc2Nc2ccc(SC(F)(F)F)cc2)n1. The van der Waals surface area contributed by atoms with E-state index in [1.807, 2.05) is 12.1 Å². The van der Waals surface area contributed by atoms with Crippen molar-refractivity contribution in [2.75, 3.05) is 11.9 Å².